The summed E-state index contributed by atoms with van der Waals surface area (Å²) in [5.74, 6) is 2.28. The molecule has 0 saturated heterocycles. The van der Waals surface area contributed by atoms with Crippen molar-refractivity contribution in [2.75, 3.05) is 19.6 Å². The molecular weight excluding hydrogens is 876 g/mol. The van der Waals surface area contributed by atoms with Crippen LogP contribution in [0.25, 0.3) is 22.3 Å². The number of anilines is 8. The molecule has 5 heteroatoms. The molecular formula is C52H36N4Pt. The van der Waals surface area contributed by atoms with Crippen LogP contribution in [0.2, 0.25) is 0 Å². The van der Waals surface area contributed by atoms with E-state index in [1.54, 1.807) is 0 Å². The fraction of sp³-hybridized carbons (Fsp3) is 0. The number of benzene rings is 8. The summed E-state index contributed by atoms with van der Waals surface area (Å²) in [4.78, 5) is 9.06. The molecule has 0 atom stereocenters. The number of hydrogen-bond donors (Lipinski definition) is 0. The normalized spacial score (nSPS) is 12.5. The van der Waals surface area contributed by atoms with Gasteiger partial charge < -0.3 is 26.0 Å². The van der Waals surface area contributed by atoms with Crippen molar-refractivity contribution in [1.29, 1.82) is 0 Å². The zero-order chi connectivity index (χ0) is 37.7. The van der Waals surface area contributed by atoms with Gasteiger partial charge in [-0.2, -0.15) is 6.07 Å². The Morgan fingerprint density at radius 1 is 0.386 bits per heavy atom. The Hall–Kier alpha value is -6.79. The van der Waals surface area contributed by atoms with Crippen molar-refractivity contribution >= 4 is 45.5 Å². The van der Waals surface area contributed by atoms with Gasteiger partial charge in [0.05, 0.1) is 0 Å². The molecule has 2 heterocycles. The predicted molar refractivity (Wildman–Crippen MR) is 232 cm³/mol. The van der Waals surface area contributed by atoms with E-state index in [9.17, 15) is 0 Å². The van der Waals surface area contributed by atoms with E-state index in [-0.39, 0.29) is 21.1 Å². The smallest absolute Gasteiger partial charge is 0.493 e. The second kappa shape index (κ2) is 16.9. The minimum absolute atomic E-state index is 0. The molecule has 0 spiro atoms. The molecule has 8 aromatic carbocycles. The Morgan fingerprint density at radius 3 is 1.25 bits per heavy atom. The number of rotatable bonds is 6. The third-order valence-electron chi connectivity index (χ3n) is 9.95. The molecule has 10 rings (SSSR count). The van der Waals surface area contributed by atoms with Crippen molar-refractivity contribution in [2.45, 2.75) is 0 Å². The fourth-order valence-corrected chi connectivity index (χ4v) is 7.33. The summed E-state index contributed by atoms with van der Waals surface area (Å²) in [6, 6.07) is 75.1. The van der Waals surface area contributed by atoms with Crippen molar-refractivity contribution in [1.82, 2.24) is 0 Å². The van der Waals surface area contributed by atoms with E-state index in [1.165, 1.54) is 22.3 Å². The first-order valence-corrected chi connectivity index (χ1v) is 18.6. The molecule has 8 aromatic rings. The maximum Gasteiger partial charge on any atom is 4.00 e. The summed E-state index contributed by atoms with van der Waals surface area (Å²) < 4.78 is 0. The van der Waals surface area contributed by atoms with Crippen LogP contribution in [0.1, 0.15) is 5.56 Å². The monoisotopic (exact) mass is 911 g/mol. The molecule has 0 aliphatic carbocycles. The summed E-state index contributed by atoms with van der Waals surface area (Å²) in [7, 11) is 0. The maximum atomic E-state index is 6.69. The Balaban J connectivity index is 0.000000454. The quantitative estimate of drug-likeness (QED) is 0.122. The van der Waals surface area contributed by atoms with Crippen molar-refractivity contribution in [3.05, 3.63) is 238 Å². The molecule has 4 nitrogen and oxygen atoms in total. The molecule has 0 unspecified atom stereocenters. The van der Waals surface area contributed by atoms with E-state index >= 15 is 0 Å². The summed E-state index contributed by atoms with van der Waals surface area (Å²) >= 11 is 0. The van der Waals surface area contributed by atoms with Crippen molar-refractivity contribution in [3.63, 3.8) is 0 Å². The minimum atomic E-state index is 0. The zero-order valence-electron chi connectivity index (χ0n) is 30.9. The summed E-state index contributed by atoms with van der Waals surface area (Å²) in [5, 5.41) is 0. The average molecular weight is 912 g/mol. The molecule has 57 heavy (non-hydrogen) atoms. The standard InChI is InChI=1S/C44H31N4.C8H5.Pt/c1-4-16-33(17-5-1)38-24-15-25-39(34-18-6-2-7-19-34)44(38)48-32-47(42-28-12-13-29-43(42)48)37-23-14-22-36(30-37)46-31-45(35-20-8-3-9-21-35)40-26-10-11-27-41(40)46;1-2-8-6-4-3-5-7-8;/h1-29,31-32H;3-7H;/q-3;-1;+4. The van der Waals surface area contributed by atoms with E-state index in [0.717, 1.165) is 51.1 Å². The van der Waals surface area contributed by atoms with E-state index in [1.807, 2.05) is 30.3 Å². The Bertz CT molecular complexity index is 2570. The van der Waals surface area contributed by atoms with Gasteiger partial charge in [0.15, 0.2) is 0 Å². The second-order valence-electron chi connectivity index (χ2n) is 13.4. The Labute approximate surface area is 350 Å². The molecule has 2 aliphatic heterocycles. The Morgan fingerprint density at radius 2 is 0.772 bits per heavy atom. The van der Waals surface area contributed by atoms with Gasteiger partial charge in [-0.1, -0.05) is 140 Å². The van der Waals surface area contributed by atoms with Crippen molar-refractivity contribution in [2.24, 2.45) is 0 Å². The van der Waals surface area contributed by atoms with Crippen molar-refractivity contribution < 1.29 is 21.1 Å². The van der Waals surface area contributed by atoms with Crippen LogP contribution in [0.15, 0.2) is 206 Å². The summed E-state index contributed by atoms with van der Waals surface area (Å²) in [5.41, 5.74) is 14.2. The van der Waals surface area contributed by atoms with E-state index in [0.29, 0.717) is 0 Å². The predicted octanol–water partition coefficient (Wildman–Crippen LogP) is 13.3. The van der Waals surface area contributed by atoms with Gasteiger partial charge in [-0.3, -0.25) is 5.92 Å². The SMILES string of the molecule is [C-]#Cc1ccccc1.[Pt+4].[c-]1c(N2[CH-]N(c3ccccc3)c3ccccc32)cccc1N1[CH-]N(c2c(-c3ccccc3)cccc2-c2ccccc2)c2ccccc21. The van der Waals surface area contributed by atoms with Crippen LogP contribution < -0.4 is 19.6 Å². The van der Waals surface area contributed by atoms with E-state index in [2.05, 4.69) is 221 Å². The number of fused-ring (bicyclic) bond motifs is 2. The Kier molecular flexibility index (Phi) is 11.0. The summed E-state index contributed by atoms with van der Waals surface area (Å²) in [6.07, 6.45) is 6.69. The van der Waals surface area contributed by atoms with E-state index < -0.39 is 0 Å². The topological polar surface area (TPSA) is 13.0 Å². The molecule has 0 aromatic heterocycles. The molecule has 274 valence electrons. The van der Waals surface area contributed by atoms with Gasteiger partial charge in [0.1, 0.15) is 0 Å². The number of hydrogen-bond acceptors (Lipinski definition) is 4. The minimum Gasteiger partial charge on any atom is -0.493 e. The van der Waals surface area contributed by atoms with Crippen LogP contribution >= 0.6 is 0 Å². The molecule has 0 radical (unpaired) electrons. The van der Waals surface area contributed by atoms with Gasteiger partial charge in [-0.15, -0.1) is 60.6 Å². The zero-order valence-corrected chi connectivity index (χ0v) is 33.2. The molecule has 0 saturated carbocycles. The fourth-order valence-electron chi connectivity index (χ4n) is 7.33. The van der Waals surface area contributed by atoms with Gasteiger partial charge >= 0.3 is 21.1 Å². The third kappa shape index (κ3) is 7.46. The average Bonchev–Trinajstić information content (AvgIpc) is 3.87. The maximum absolute atomic E-state index is 6.69. The van der Waals surface area contributed by atoms with Crippen LogP contribution in [0.3, 0.4) is 0 Å². The molecule has 0 bridgehead atoms. The molecule has 0 amide bonds. The van der Waals surface area contributed by atoms with Crippen LogP contribution in [0.4, 0.5) is 45.5 Å². The van der Waals surface area contributed by atoms with Crippen molar-refractivity contribution in [3.8, 4) is 28.2 Å². The molecule has 0 N–H and O–H groups in total. The molecule has 2 aliphatic rings. The number of para-hydroxylation sites is 6. The van der Waals surface area contributed by atoms with Gasteiger partial charge in [0.2, 0.25) is 0 Å². The van der Waals surface area contributed by atoms with Crippen LogP contribution in [0, 0.1) is 31.7 Å². The third-order valence-corrected chi connectivity index (χ3v) is 9.95. The molecule has 0 fully saturated rings. The van der Waals surface area contributed by atoms with E-state index in [4.69, 9.17) is 6.42 Å². The second-order valence-corrected chi connectivity index (χ2v) is 13.4. The first kappa shape index (κ1) is 37.1. The first-order chi connectivity index (χ1) is 27.8. The van der Waals surface area contributed by atoms with Gasteiger partial charge in [0.25, 0.3) is 0 Å². The number of nitrogens with zero attached hydrogens (tertiary/aromatic N) is 4. The largest absolute Gasteiger partial charge is 4.00 e. The summed E-state index contributed by atoms with van der Waals surface area (Å²) in [6.45, 7) is 4.37. The van der Waals surface area contributed by atoms with Gasteiger partial charge in [-0.25, -0.2) is 0 Å². The van der Waals surface area contributed by atoms with Crippen LogP contribution in [-0.2, 0) is 21.1 Å². The van der Waals surface area contributed by atoms with Gasteiger partial charge in [-0.05, 0) is 47.5 Å². The first-order valence-electron chi connectivity index (χ1n) is 18.6. The van der Waals surface area contributed by atoms with Crippen LogP contribution in [0.5, 0.6) is 0 Å². The van der Waals surface area contributed by atoms with Crippen LogP contribution in [-0.4, -0.2) is 0 Å². The van der Waals surface area contributed by atoms with Gasteiger partial charge in [0, 0.05) is 45.3 Å².